The molecule has 0 fully saturated rings. The van der Waals surface area contributed by atoms with Crippen LogP contribution < -0.4 is 10.4 Å². The molecule has 6 rings (SSSR count). The molecule has 2 aliphatic carbocycles. The van der Waals surface area contributed by atoms with Crippen molar-refractivity contribution in [3.05, 3.63) is 141 Å². The first-order chi connectivity index (χ1) is 22.6. The molecule has 4 aromatic carbocycles. The van der Waals surface area contributed by atoms with Crippen molar-refractivity contribution in [1.82, 2.24) is 0 Å². The minimum atomic E-state index is -5.34. The summed E-state index contributed by atoms with van der Waals surface area (Å²) in [6.07, 6.45) is 4.94. The molecule has 0 bridgehead atoms. The summed E-state index contributed by atoms with van der Waals surface area (Å²) in [6, 6.07) is 32.3. The SMILES string of the molecule is CC1=Cc2c(C(C)C)cc(C(C)C)cc2[CH]1[Zr]([Cl])([Cl])([CH]1C(C)=Cc2c(C(C)C)cc(C(C)C)cc21)[SiH](c1ccccc1)c1ccccc1. The molecule has 0 nitrogen and oxygen atoms in total. The molecule has 0 heterocycles. The van der Waals surface area contributed by atoms with Crippen molar-refractivity contribution < 1.29 is 15.6 Å². The Hall–Kier alpha value is -1.96. The molecule has 4 aromatic rings. The van der Waals surface area contributed by atoms with Crippen LogP contribution in [0.15, 0.2) is 96.1 Å². The van der Waals surface area contributed by atoms with Crippen LogP contribution >= 0.6 is 17.0 Å². The number of fused-ring (bicyclic) bond motifs is 2. The molecule has 0 saturated carbocycles. The third-order valence-electron chi connectivity index (χ3n) is 11.3. The monoisotopic (exact) mass is 769 g/mol. The Bertz CT molecular complexity index is 1760. The Morgan fingerprint density at radius 2 is 0.875 bits per heavy atom. The second-order valence-corrected chi connectivity index (χ2v) is 54.1. The topological polar surface area (TPSA) is 0 Å². The molecule has 0 radical (unpaired) electrons. The first kappa shape index (κ1) is 35.9. The summed E-state index contributed by atoms with van der Waals surface area (Å²) >= 11 is -5.34. The van der Waals surface area contributed by atoms with E-state index in [4.69, 9.17) is 0 Å². The van der Waals surface area contributed by atoms with E-state index in [-0.39, 0.29) is 7.25 Å². The number of benzene rings is 4. The van der Waals surface area contributed by atoms with E-state index < -0.39 is 21.5 Å². The molecular formula is C44H53Cl2SiZr. The molecule has 4 heteroatoms. The predicted octanol–water partition coefficient (Wildman–Crippen LogP) is 12.3. The molecule has 0 saturated heterocycles. The van der Waals surface area contributed by atoms with Gasteiger partial charge in [0.1, 0.15) is 0 Å². The molecular weight excluding hydrogens is 719 g/mol. The van der Waals surface area contributed by atoms with Crippen molar-refractivity contribution in [3.8, 4) is 0 Å². The quantitative estimate of drug-likeness (QED) is 0.149. The van der Waals surface area contributed by atoms with Crippen LogP contribution in [0.25, 0.3) is 12.2 Å². The predicted molar refractivity (Wildman–Crippen MR) is 213 cm³/mol. The Balaban J connectivity index is 1.78. The fourth-order valence-corrected chi connectivity index (χ4v) is 60.4. The number of halogens is 2. The van der Waals surface area contributed by atoms with E-state index in [1.807, 2.05) is 0 Å². The Morgan fingerprint density at radius 1 is 0.521 bits per heavy atom. The summed E-state index contributed by atoms with van der Waals surface area (Å²) in [6.45, 7) is 23.3. The zero-order valence-corrected chi connectivity index (χ0v) is 35.7. The molecule has 0 aliphatic heterocycles. The van der Waals surface area contributed by atoms with Crippen LogP contribution in [0.1, 0.15) is 145 Å². The van der Waals surface area contributed by atoms with E-state index >= 15 is 0 Å². The number of hydrogen-bond acceptors (Lipinski definition) is 0. The molecule has 48 heavy (non-hydrogen) atoms. The summed E-state index contributed by atoms with van der Waals surface area (Å²) in [5.41, 5.74) is 13.8. The third-order valence-corrected chi connectivity index (χ3v) is 53.6. The second-order valence-electron chi connectivity index (χ2n) is 16.0. The Morgan fingerprint density at radius 3 is 1.19 bits per heavy atom. The van der Waals surface area contributed by atoms with Crippen LogP contribution in [0.5, 0.6) is 0 Å². The van der Waals surface area contributed by atoms with Crippen LogP contribution in [-0.2, 0) is 15.6 Å². The van der Waals surface area contributed by atoms with Gasteiger partial charge >= 0.3 is 302 Å². The summed E-state index contributed by atoms with van der Waals surface area (Å²) in [7, 11) is 18.3. The van der Waals surface area contributed by atoms with Crippen molar-refractivity contribution in [2.24, 2.45) is 0 Å². The zero-order chi connectivity index (χ0) is 34.7. The Kier molecular flexibility index (Phi) is 9.93. The van der Waals surface area contributed by atoms with Crippen LogP contribution in [0, 0.1) is 0 Å². The second kappa shape index (κ2) is 13.3. The van der Waals surface area contributed by atoms with Gasteiger partial charge in [-0.25, -0.2) is 0 Å². The fourth-order valence-electron chi connectivity index (χ4n) is 9.08. The van der Waals surface area contributed by atoms with Crippen molar-refractivity contribution in [3.63, 3.8) is 0 Å². The molecule has 2 atom stereocenters. The van der Waals surface area contributed by atoms with Crippen molar-refractivity contribution in [1.29, 1.82) is 0 Å². The van der Waals surface area contributed by atoms with Gasteiger partial charge in [0.15, 0.2) is 0 Å². The maximum absolute atomic E-state index is 9.17. The van der Waals surface area contributed by atoms with Gasteiger partial charge in [0.2, 0.25) is 0 Å². The standard InChI is InChI=1S/2C16H21.C12H11Si.2ClH.Zr/c2*1-10(2)13-8-14-6-12(5)7-16(14)15(9-13)11(3)4;1-3-7-11(8-4-1)13-12-9-5-2-6-10-12;;;/h2*6-11H,1-5H3;1-10,13H;2*1H;/q;;;;;+2/p-2. The van der Waals surface area contributed by atoms with Crippen LogP contribution in [0.3, 0.4) is 0 Å². The van der Waals surface area contributed by atoms with Gasteiger partial charge in [-0.1, -0.05) is 0 Å². The first-order valence-corrected chi connectivity index (χ1v) is 33.2. The van der Waals surface area contributed by atoms with Crippen molar-refractivity contribution >= 4 is 45.5 Å². The van der Waals surface area contributed by atoms with Gasteiger partial charge in [0.25, 0.3) is 0 Å². The molecule has 0 aromatic heterocycles. The van der Waals surface area contributed by atoms with Gasteiger partial charge in [-0.15, -0.1) is 0 Å². The maximum atomic E-state index is 9.17. The number of hydrogen-bond donors (Lipinski definition) is 0. The molecule has 2 aliphatic rings. The fraction of sp³-hybridized carbons (Fsp3) is 0.364. The normalized spacial score (nSPS) is 18.4. The molecule has 0 N–H and O–H groups in total. The van der Waals surface area contributed by atoms with Gasteiger partial charge in [-0.3, -0.25) is 0 Å². The van der Waals surface area contributed by atoms with Gasteiger partial charge in [0, 0.05) is 0 Å². The van der Waals surface area contributed by atoms with Gasteiger partial charge < -0.3 is 0 Å². The molecule has 2 unspecified atom stereocenters. The molecule has 251 valence electrons. The summed E-state index contributed by atoms with van der Waals surface area (Å²) in [5.74, 6) is -0.675. The average Bonchev–Trinajstić information content (AvgIpc) is 3.57. The van der Waals surface area contributed by atoms with E-state index in [9.17, 15) is 17.0 Å². The molecule has 0 amide bonds. The first-order valence-electron chi connectivity index (χ1n) is 18.0. The van der Waals surface area contributed by atoms with Gasteiger partial charge in [-0.05, 0) is 0 Å². The minimum absolute atomic E-state index is 0.00237. The summed E-state index contributed by atoms with van der Waals surface area (Å²) in [4.78, 5) is 0. The zero-order valence-electron chi connectivity index (χ0n) is 30.5. The van der Waals surface area contributed by atoms with E-state index in [1.165, 1.54) is 66.0 Å². The van der Waals surface area contributed by atoms with Crippen LogP contribution in [0.2, 0.25) is 0 Å². The van der Waals surface area contributed by atoms with Crippen molar-refractivity contribution in [2.75, 3.05) is 0 Å². The van der Waals surface area contributed by atoms with E-state index in [1.54, 1.807) is 0 Å². The van der Waals surface area contributed by atoms with Crippen molar-refractivity contribution in [2.45, 2.75) is 100 Å². The number of allylic oxidation sites excluding steroid dienone is 2. The van der Waals surface area contributed by atoms with E-state index in [2.05, 4.69) is 166 Å². The van der Waals surface area contributed by atoms with Gasteiger partial charge in [0.05, 0.1) is 0 Å². The van der Waals surface area contributed by atoms with E-state index in [0.717, 1.165) is 0 Å². The Labute approximate surface area is 299 Å². The van der Waals surface area contributed by atoms with Crippen LogP contribution in [0.4, 0.5) is 0 Å². The number of rotatable bonds is 9. The summed E-state index contributed by atoms with van der Waals surface area (Å²) in [5, 5.41) is 2.71. The molecule has 0 spiro atoms. The summed E-state index contributed by atoms with van der Waals surface area (Å²) < 4.78 is 0.00474. The average molecular weight is 772 g/mol. The van der Waals surface area contributed by atoms with Crippen LogP contribution in [-0.4, -0.2) is 5.92 Å². The third kappa shape index (κ3) is 5.86. The van der Waals surface area contributed by atoms with E-state index in [0.29, 0.717) is 23.7 Å². The van der Waals surface area contributed by atoms with Gasteiger partial charge in [-0.2, -0.15) is 0 Å².